The van der Waals surface area contributed by atoms with Crippen molar-refractivity contribution >= 4 is 11.6 Å². The summed E-state index contributed by atoms with van der Waals surface area (Å²) >= 11 is 5.93. The van der Waals surface area contributed by atoms with E-state index in [0.717, 1.165) is 37.1 Å². The average molecular weight is 380 g/mol. The van der Waals surface area contributed by atoms with Crippen LogP contribution < -0.4 is 0 Å². The molecule has 1 saturated heterocycles. The van der Waals surface area contributed by atoms with Crippen LogP contribution in [0.25, 0.3) is 11.4 Å². The van der Waals surface area contributed by atoms with Crippen molar-refractivity contribution in [2.45, 2.75) is 31.8 Å². The van der Waals surface area contributed by atoms with Gasteiger partial charge in [-0.15, -0.1) is 0 Å². The van der Waals surface area contributed by atoms with E-state index in [1.807, 2.05) is 24.3 Å². The van der Waals surface area contributed by atoms with E-state index in [2.05, 4.69) is 26.1 Å². The first-order chi connectivity index (χ1) is 13.2. The molecule has 1 fully saturated rings. The van der Waals surface area contributed by atoms with Gasteiger partial charge in [0, 0.05) is 18.3 Å². The third kappa shape index (κ3) is 4.00. The molecule has 0 bridgehead atoms. The zero-order chi connectivity index (χ0) is 18.6. The highest BCUT2D eigenvalue weighted by atomic mass is 35.5. The molecule has 1 atom stereocenters. The van der Waals surface area contributed by atoms with Crippen molar-refractivity contribution in [2.24, 2.45) is 0 Å². The Morgan fingerprint density at radius 2 is 2.19 bits per heavy atom. The minimum Gasteiger partial charge on any atom is -0.337 e. The lowest BCUT2D eigenvalue weighted by Crippen LogP contribution is -2.33. The Morgan fingerprint density at radius 3 is 3.00 bits per heavy atom. The van der Waals surface area contributed by atoms with Gasteiger partial charge in [-0.25, -0.2) is 0 Å². The van der Waals surface area contributed by atoms with Crippen LogP contribution in [0.3, 0.4) is 0 Å². The van der Waals surface area contributed by atoms with E-state index in [-0.39, 0.29) is 6.04 Å². The van der Waals surface area contributed by atoms with E-state index in [9.17, 15) is 0 Å². The second-order valence-corrected chi connectivity index (χ2v) is 7.04. The summed E-state index contributed by atoms with van der Waals surface area (Å²) < 4.78 is 5.59. The molecule has 4 rings (SSSR count). The minimum atomic E-state index is 0.0663. The van der Waals surface area contributed by atoms with Crippen LogP contribution in [0.2, 0.25) is 5.02 Å². The summed E-state index contributed by atoms with van der Waals surface area (Å²) in [5.74, 6) is 1.12. The summed E-state index contributed by atoms with van der Waals surface area (Å²) in [6.07, 6.45) is 4.89. The maximum Gasteiger partial charge on any atom is 0.244 e. The van der Waals surface area contributed by atoms with Crippen molar-refractivity contribution in [1.82, 2.24) is 20.0 Å². The summed E-state index contributed by atoms with van der Waals surface area (Å²) in [7, 11) is 0. The maximum atomic E-state index is 9.07. The highest BCUT2D eigenvalue weighted by molar-refractivity contribution is 6.30. The van der Waals surface area contributed by atoms with Crippen molar-refractivity contribution in [3.05, 3.63) is 64.8 Å². The fourth-order valence-electron chi connectivity index (χ4n) is 3.38. The lowest BCUT2D eigenvalue weighted by molar-refractivity contribution is 0.110. The summed E-state index contributed by atoms with van der Waals surface area (Å²) in [6, 6.07) is 13.2. The van der Waals surface area contributed by atoms with Crippen molar-refractivity contribution in [3.63, 3.8) is 0 Å². The van der Waals surface area contributed by atoms with Gasteiger partial charge in [0.2, 0.25) is 11.7 Å². The number of aromatic nitrogens is 3. The molecule has 3 heterocycles. The molecule has 6 nitrogen and oxygen atoms in total. The summed E-state index contributed by atoms with van der Waals surface area (Å²) in [5.41, 5.74) is 2.32. The molecular formula is C20H18ClN5O. The van der Waals surface area contributed by atoms with E-state index >= 15 is 0 Å². The predicted octanol–water partition coefficient (Wildman–Crippen LogP) is 4.38. The first-order valence-electron chi connectivity index (χ1n) is 8.91. The van der Waals surface area contributed by atoms with Crippen LogP contribution in [0.15, 0.2) is 47.1 Å². The van der Waals surface area contributed by atoms with Gasteiger partial charge >= 0.3 is 0 Å². The number of pyridine rings is 1. The molecule has 0 spiro atoms. The molecular weight excluding hydrogens is 362 g/mol. The predicted molar refractivity (Wildman–Crippen MR) is 101 cm³/mol. The Morgan fingerprint density at radius 1 is 1.26 bits per heavy atom. The van der Waals surface area contributed by atoms with Crippen molar-refractivity contribution < 1.29 is 4.52 Å². The second-order valence-electron chi connectivity index (χ2n) is 6.60. The van der Waals surface area contributed by atoms with Crippen molar-refractivity contribution in [3.8, 4) is 17.5 Å². The summed E-state index contributed by atoms with van der Waals surface area (Å²) in [4.78, 5) is 11.3. The lowest BCUT2D eigenvalue weighted by Gasteiger charge is -2.32. The SMILES string of the molecule is N#Cc1cccc(-c2noc(C3CCCCN3Cc3ccc(Cl)cn3)n2)c1. The smallest absolute Gasteiger partial charge is 0.244 e. The molecule has 7 heteroatoms. The van der Waals surface area contributed by atoms with Gasteiger partial charge in [-0.05, 0) is 43.7 Å². The third-order valence-corrected chi connectivity index (χ3v) is 4.97. The van der Waals surface area contributed by atoms with Gasteiger partial charge in [0.25, 0.3) is 0 Å². The lowest BCUT2D eigenvalue weighted by atomic mass is 10.0. The normalized spacial score (nSPS) is 17.6. The van der Waals surface area contributed by atoms with Crippen LogP contribution in [-0.2, 0) is 6.54 Å². The zero-order valence-electron chi connectivity index (χ0n) is 14.7. The molecule has 1 unspecified atom stereocenters. The fourth-order valence-corrected chi connectivity index (χ4v) is 3.50. The number of hydrogen-bond acceptors (Lipinski definition) is 6. The van der Waals surface area contributed by atoms with Crippen LogP contribution in [0, 0.1) is 11.3 Å². The molecule has 1 aliphatic heterocycles. The van der Waals surface area contributed by atoms with E-state index in [1.54, 1.807) is 18.3 Å². The molecule has 2 aromatic heterocycles. The molecule has 3 aromatic rings. The van der Waals surface area contributed by atoms with Gasteiger partial charge in [0.15, 0.2) is 0 Å². The van der Waals surface area contributed by atoms with E-state index in [4.69, 9.17) is 21.4 Å². The summed E-state index contributed by atoms with van der Waals surface area (Å²) in [5, 5.41) is 13.8. The molecule has 0 saturated carbocycles. The van der Waals surface area contributed by atoms with Crippen LogP contribution in [0.4, 0.5) is 0 Å². The second kappa shape index (κ2) is 7.87. The van der Waals surface area contributed by atoms with E-state index in [1.165, 1.54) is 0 Å². The number of nitrogens with zero attached hydrogens (tertiary/aromatic N) is 5. The zero-order valence-corrected chi connectivity index (χ0v) is 15.4. The molecule has 27 heavy (non-hydrogen) atoms. The fraction of sp³-hybridized carbons (Fsp3) is 0.300. The van der Waals surface area contributed by atoms with Crippen LogP contribution in [-0.4, -0.2) is 26.6 Å². The standard InChI is InChI=1S/C20H18ClN5O/c21-16-7-8-17(23-12-16)13-26-9-2-1-6-18(26)20-24-19(25-27-20)15-5-3-4-14(10-15)11-22/h3-5,7-8,10,12,18H,1-2,6,9,13H2. The van der Waals surface area contributed by atoms with Gasteiger partial charge in [-0.1, -0.05) is 35.3 Å². The number of hydrogen-bond donors (Lipinski definition) is 0. The monoisotopic (exact) mass is 379 g/mol. The Balaban J connectivity index is 1.56. The number of halogens is 1. The number of rotatable bonds is 4. The van der Waals surface area contributed by atoms with Gasteiger partial charge in [0.05, 0.1) is 28.4 Å². The molecule has 136 valence electrons. The van der Waals surface area contributed by atoms with Crippen molar-refractivity contribution in [2.75, 3.05) is 6.54 Å². The first-order valence-corrected chi connectivity index (χ1v) is 9.29. The van der Waals surface area contributed by atoms with Gasteiger partial charge in [-0.2, -0.15) is 10.2 Å². The molecule has 1 aromatic carbocycles. The number of nitriles is 1. The Hall–Kier alpha value is -2.75. The van der Waals surface area contributed by atoms with Gasteiger partial charge in [-0.3, -0.25) is 9.88 Å². The van der Waals surface area contributed by atoms with Crippen LogP contribution in [0.1, 0.15) is 42.5 Å². The molecule has 0 aliphatic carbocycles. The Kier molecular flexibility index (Phi) is 5.14. The maximum absolute atomic E-state index is 9.07. The van der Waals surface area contributed by atoms with E-state index < -0.39 is 0 Å². The number of piperidine rings is 1. The van der Waals surface area contributed by atoms with Crippen molar-refractivity contribution in [1.29, 1.82) is 5.26 Å². The molecule has 0 amide bonds. The molecule has 0 N–H and O–H groups in total. The highest BCUT2D eigenvalue weighted by Crippen LogP contribution is 2.32. The first kappa shape index (κ1) is 17.7. The minimum absolute atomic E-state index is 0.0663. The van der Waals surface area contributed by atoms with Crippen LogP contribution >= 0.6 is 11.6 Å². The molecule has 0 radical (unpaired) electrons. The van der Waals surface area contributed by atoms with Gasteiger partial charge < -0.3 is 4.52 Å². The quantitative estimate of drug-likeness (QED) is 0.669. The van der Waals surface area contributed by atoms with Crippen LogP contribution in [0.5, 0.6) is 0 Å². The molecule has 1 aliphatic rings. The largest absolute Gasteiger partial charge is 0.337 e. The summed E-state index contributed by atoms with van der Waals surface area (Å²) in [6.45, 7) is 1.67. The third-order valence-electron chi connectivity index (χ3n) is 4.74. The topological polar surface area (TPSA) is 78.8 Å². The Bertz CT molecular complexity index is 963. The average Bonchev–Trinajstić information content (AvgIpc) is 3.20. The van der Waals surface area contributed by atoms with Gasteiger partial charge in [0.1, 0.15) is 0 Å². The van der Waals surface area contributed by atoms with E-state index in [0.29, 0.717) is 28.8 Å². The number of likely N-dealkylation sites (tertiary alicyclic amines) is 1. The Labute approximate surface area is 162 Å². The number of benzene rings is 1. The highest BCUT2D eigenvalue weighted by Gasteiger charge is 2.29.